The van der Waals surface area contributed by atoms with Crippen LogP contribution in [0.5, 0.6) is 0 Å². The van der Waals surface area contributed by atoms with E-state index in [9.17, 15) is 19.5 Å². The first-order chi connectivity index (χ1) is 11.5. The Balaban J connectivity index is 1.93. The second kappa shape index (κ2) is 6.60. The number of rotatable bonds is 4. The summed E-state index contributed by atoms with van der Waals surface area (Å²) in [6.45, 7) is 2.36. The predicted octanol–water partition coefficient (Wildman–Crippen LogP) is 2.76. The Bertz CT molecular complexity index is 866. The molecule has 1 aliphatic rings. The number of carboxylic acid groups (broad SMARTS) is 1. The maximum atomic E-state index is 12.6. The minimum absolute atomic E-state index is 0.128. The molecule has 2 heterocycles. The highest BCUT2D eigenvalue weighted by molar-refractivity contribution is 7.16. The Morgan fingerprint density at radius 2 is 1.88 bits per heavy atom. The zero-order valence-corrected chi connectivity index (χ0v) is 14.1. The van der Waals surface area contributed by atoms with E-state index in [-0.39, 0.29) is 16.3 Å². The van der Waals surface area contributed by atoms with Gasteiger partial charge in [-0.25, -0.2) is 4.79 Å². The number of thiophene rings is 1. The number of hydrogen-bond donors (Lipinski definition) is 2. The van der Waals surface area contributed by atoms with Gasteiger partial charge in [-0.1, -0.05) is 0 Å². The van der Waals surface area contributed by atoms with Gasteiger partial charge in [0.05, 0.1) is 10.6 Å². The van der Waals surface area contributed by atoms with Gasteiger partial charge in [-0.05, 0) is 49.8 Å². The number of aromatic nitrogens is 1. The summed E-state index contributed by atoms with van der Waals surface area (Å²) in [7, 11) is 0. The van der Waals surface area contributed by atoms with E-state index < -0.39 is 5.97 Å². The molecule has 0 aromatic carbocycles. The van der Waals surface area contributed by atoms with Crippen molar-refractivity contribution in [1.29, 1.82) is 0 Å². The predicted molar refractivity (Wildman–Crippen MR) is 92.2 cm³/mol. The third-order valence-corrected chi connectivity index (χ3v) is 5.46. The van der Waals surface area contributed by atoms with Crippen LogP contribution in [0.25, 0.3) is 0 Å². The van der Waals surface area contributed by atoms with E-state index in [0.29, 0.717) is 23.5 Å². The number of carboxylic acids is 1. The van der Waals surface area contributed by atoms with Gasteiger partial charge in [-0.2, -0.15) is 0 Å². The van der Waals surface area contributed by atoms with Gasteiger partial charge < -0.3 is 15.0 Å². The molecule has 0 spiro atoms. The number of hydrogen-bond acceptors (Lipinski definition) is 4. The number of anilines is 1. The van der Waals surface area contributed by atoms with E-state index >= 15 is 0 Å². The van der Waals surface area contributed by atoms with Crippen LogP contribution in [0.1, 0.15) is 50.2 Å². The molecule has 0 unspecified atom stereocenters. The van der Waals surface area contributed by atoms with Crippen molar-refractivity contribution in [3.05, 3.63) is 49.6 Å². The molecule has 2 N–H and O–H groups in total. The minimum Gasteiger partial charge on any atom is -0.477 e. The van der Waals surface area contributed by atoms with Gasteiger partial charge in [0.2, 0.25) is 0 Å². The third-order valence-electron chi connectivity index (χ3n) is 4.20. The van der Waals surface area contributed by atoms with E-state index in [4.69, 9.17) is 0 Å². The lowest BCUT2D eigenvalue weighted by molar-refractivity contribution is 0.0700. The number of amides is 1. The molecule has 2 aromatic heterocycles. The summed E-state index contributed by atoms with van der Waals surface area (Å²) < 4.78 is 1.50. The fourth-order valence-corrected chi connectivity index (χ4v) is 4.16. The molecular formula is C17H18N2O4S. The van der Waals surface area contributed by atoms with Crippen LogP contribution < -0.4 is 10.9 Å². The monoisotopic (exact) mass is 346 g/mol. The molecule has 1 aliphatic carbocycles. The van der Waals surface area contributed by atoms with Gasteiger partial charge in [0.15, 0.2) is 0 Å². The van der Waals surface area contributed by atoms with Crippen molar-refractivity contribution < 1.29 is 14.7 Å². The smallest absolute Gasteiger partial charge is 0.346 e. The summed E-state index contributed by atoms with van der Waals surface area (Å²) in [6.07, 6.45) is 4.95. The van der Waals surface area contributed by atoms with E-state index in [1.807, 2.05) is 6.92 Å². The molecule has 0 saturated carbocycles. The van der Waals surface area contributed by atoms with Crippen molar-refractivity contribution in [2.24, 2.45) is 0 Å². The third kappa shape index (κ3) is 2.99. The molecule has 0 saturated heterocycles. The Morgan fingerprint density at radius 3 is 2.50 bits per heavy atom. The summed E-state index contributed by atoms with van der Waals surface area (Å²) in [5.41, 5.74) is 2.07. The summed E-state index contributed by atoms with van der Waals surface area (Å²) in [6, 6.07) is 2.97. The van der Waals surface area contributed by atoms with E-state index in [0.717, 1.165) is 41.7 Å². The van der Waals surface area contributed by atoms with Gasteiger partial charge in [0.1, 0.15) is 4.88 Å². The standard InChI is InChI=1S/C17H18N2O4S/c1-2-19-9-10(7-8-13(19)20)18-16(21)14-11-5-3-4-6-12(11)15(24-14)17(22)23/h7-9H,2-6H2,1H3,(H,18,21)(H,22,23). The van der Waals surface area contributed by atoms with Crippen LogP contribution in [0, 0.1) is 0 Å². The molecule has 7 heteroatoms. The lowest BCUT2D eigenvalue weighted by atomic mass is 9.92. The van der Waals surface area contributed by atoms with Crippen molar-refractivity contribution >= 4 is 28.9 Å². The molecule has 126 valence electrons. The van der Waals surface area contributed by atoms with Crippen LogP contribution in [0.4, 0.5) is 5.69 Å². The molecule has 1 amide bonds. The molecule has 0 radical (unpaired) electrons. The lowest BCUT2D eigenvalue weighted by Gasteiger charge is -2.13. The SMILES string of the molecule is CCn1cc(NC(=O)c2sc(C(=O)O)c3c2CCCC3)ccc1=O. The molecule has 24 heavy (non-hydrogen) atoms. The number of carbonyl (C=O) groups is 2. The molecular weight excluding hydrogens is 328 g/mol. The minimum atomic E-state index is -0.975. The number of fused-ring (bicyclic) bond motifs is 1. The van der Waals surface area contributed by atoms with Gasteiger partial charge in [-0.15, -0.1) is 11.3 Å². The van der Waals surface area contributed by atoms with Crippen LogP contribution in [0.3, 0.4) is 0 Å². The van der Waals surface area contributed by atoms with Gasteiger partial charge >= 0.3 is 5.97 Å². The van der Waals surface area contributed by atoms with Crippen LogP contribution in [0.2, 0.25) is 0 Å². The fraction of sp³-hybridized carbons (Fsp3) is 0.353. The lowest BCUT2D eigenvalue weighted by Crippen LogP contribution is -2.20. The zero-order valence-electron chi connectivity index (χ0n) is 13.3. The first kappa shape index (κ1) is 16.4. The van der Waals surface area contributed by atoms with E-state index in [1.165, 1.54) is 10.6 Å². The number of pyridine rings is 1. The van der Waals surface area contributed by atoms with E-state index in [1.54, 1.807) is 12.3 Å². The quantitative estimate of drug-likeness (QED) is 0.891. The molecule has 6 nitrogen and oxygen atoms in total. The second-order valence-corrected chi connectivity index (χ2v) is 6.75. The second-order valence-electron chi connectivity index (χ2n) is 5.73. The molecule has 0 bridgehead atoms. The molecule has 0 atom stereocenters. The Morgan fingerprint density at radius 1 is 1.21 bits per heavy atom. The van der Waals surface area contributed by atoms with Gasteiger partial charge in [0.25, 0.3) is 11.5 Å². The Labute approximate surface area is 142 Å². The average Bonchev–Trinajstić information content (AvgIpc) is 2.96. The summed E-state index contributed by atoms with van der Waals surface area (Å²) >= 11 is 1.04. The molecule has 2 aromatic rings. The van der Waals surface area contributed by atoms with Crippen molar-refractivity contribution in [3.63, 3.8) is 0 Å². The van der Waals surface area contributed by atoms with Gasteiger partial charge in [-0.3, -0.25) is 9.59 Å². The molecule has 3 rings (SSSR count). The summed E-state index contributed by atoms with van der Waals surface area (Å²) in [5, 5.41) is 12.1. The van der Waals surface area contributed by atoms with E-state index in [2.05, 4.69) is 5.32 Å². The topological polar surface area (TPSA) is 88.4 Å². The van der Waals surface area contributed by atoms with Crippen LogP contribution in [-0.2, 0) is 19.4 Å². The summed E-state index contributed by atoms with van der Waals surface area (Å²) in [4.78, 5) is 36.4. The Kier molecular flexibility index (Phi) is 4.53. The van der Waals surface area contributed by atoms with Crippen molar-refractivity contribution in [1.82, 2.24) is 4.57 Å². The van der Waals surface area contributed by atoms with Gasteiger partial charge in [0, 0.05) is 18.8 Å². The normalized spacial score (nSPS) is 13.4. The maximum Gasteiger partial charge on any atom is 0.346 e. The van der Waals surface area contributed by atoms with Crippen molar-refractivity contribution in [2.75, 3.05) is 5.32 Å². The number of aryl methyl sites for hydroxylation is 1. The number of nitrogens with zero attached hydrogens (tertiary/aromatic N) is 1. The van der Waals surface area contributed by atoms with Crippen LogP contribution in [-0.4, -0.2) is 21.6 Å². The average molecular weight is 346 g/mol. The molecule has 0 fully saturated rings. The van der Waals surface area contributed by atoms with Crippen molar-refractivity contribution in [3.8, 4) is 0 Å². The highest BCUT2D eigenvalue weighted by atomic mass is 32.1. The van der Waals surface area contributed by atoms with Crippen LogP contribution >= 0.6 is 11.3 Å². The molecule has 0 aliphatic heterocycles. The van der Waals surface area contributed by atoms with Crippen molar-refractivity contribution in [2.45, 2.75) is 39.2 Å². The first-order valence-corrected chi connectivity index (χ1v) is 8.72. The maximum absolute atomic E-state index is 12.6. The first-order valence-electron chi connectivity index (χ1n) is 7.91. The van der Waals surface area contributed by atoms with Crippen LogP contribution in [0.15, 0.2) is 23.1 Å². The number of carbonyl (C=O) groups excluding carboxylic acids is 1. The highest BCUT2D eigenvalue weighted by Crippen LogP contribution is 2.35. The summed E-state index contributed by atoms with van der Waals surface area (Å²) in [5.74, 6) is -1.29. The zero-order chi connectivity index (χ0) is 17.3. The largest absolute Gasteiger partial charge is 0.477 e. The number of nitrogens with one attached hydrogen (secondary N) is 1. The highest BCUT2D eigenvalue weighted by Gasteiger charge is 2.27. The fourth-order valence-electron chi connectivity index (χ4n) is 3.03. The Hall–Kier alpha value is -2.41. The number of aromatic carboxylic acids is 1.